The molecule has 1 atom stereocenters. The molecule has 0 fully saturated rings. The standard InChI is InChI=1S/C12H17N5/c1-17-7-5-11(16-17)9-12(15-13)8-10-4-2-3-6-14-10/h2-7,12,15H,8-9,13H2,1H3. The van der Waals surface area contributed by atoms with E-state index < -0.39 is 0 Å². The molecular weight excluding hydrogens is 214 g/mol. The number of hydrogen-bond acceptors (Lipinski definition) is 4. The molecule has 0 aliphatic heterocycles. The van der Waals surface area contributed by atoms with Crippen molar-refractivity contribution < 1.29 is 0 Å². The maximum atomic E-state index is 5.56. The van der Waals surface area contributed by atoms with Crippen LogP contribution in [0.15, 0.2) is 36.7 Å². The topological polar surface area (TPSA) is 68.8 Å². The average Bonchev–Trinajstić information content (AvgIpc) is 2.75. The zero-order valence-corrected chi connectivity index (χ0v) is 9.87. The minimum absolute atomic E-state index is 0.153. The molecule has 0 saturated carbocycles. The molecule has 0 aromatic carbocycles. The summed E-state index contributed by atoms with van der Waals surface area (Å²) in [5.41, 5.74) is 4.89. The highest BCUT2D eigenvalue weighted by atomic mass is 15.3. The van der Waals surface area contributed by atoms with Crippen LogP contribution in [0.1, 0.15) is 11.4 Å². The normalized spacial score (nSPS) is 12.6. The van der Waals surface area contributed by atoms with Gasteiger partial charge in [0.2, 0.25) is 0 Å². The van der Waals surface area contributed by atoms with Gasteiger partial charge in [0.1, 0.15) is 0 Å². The SMILES string of the molecule is Cn1ccc(CC(Cc2ccccn2)NN)n1. The molecule has 2 aromatic heterocycles. The van der Waals surface area contributed by atoms with Crippen LogP contribution in [0.4, 0.5) is 0 Å². The summed E-state index contributed by atoms with van der Waals surface area (Å²) >= 11 is 0. The molecule has 5 heteroatoms. The molecule has 0 spiro atoms. The molecule has 17 heavy (non-hydrogen) atoms. The lowest BCUT2D eigenvalue weighted by Gasteiger charge is -2.13. The number of nitrogens with one attached hydrogen (secondary N) is 1. The third kappa shape index (κ3) is 3.37. The molecule has 0 aliphatic carbocycles. The molecule has 2 heterocycles. The largest absolute Gasteiger partial charge is 0.276 e. The predicted molar refractivity (Wildman–Crippen MR) is 66.0 cm³/mol. The van der Waals surface area contributed by atoms with E-state index in [0.29, 0.717) is 0 Å². The van der Waals surface area contributed by atoms with Gasteiger partial charge >= 0.3 is 0 Å². The van der Waals surface area contributed by atoms with Crippen molar-refractivity contribution in [1.29, 1.82) is 0 Å². The van der Waals surface area contributed by atoms with Gasteiger partial charge in [-0.15, -0.1) is 0 Å². The molecule has 2 aromatic rings. The second kappa shape index (κ2) is 5.56. The van der Waals surface area contributed by atoms with Gasteiger partial charge in [0, 0.05) is 44.0 Å². The van der Waals surface area contributed by atoms with E-state index in [1.54, 1.807) is 10.9 Å². The van der Waals surface area contributed by atoms with Crippen LogP contribution in [0.25, 0.3) is 0 Å². The Morgan fingerprint density at radius 1 is 1.29 bits per heavy atom. The van der Waals surface area contributed by atoms with Crippen molar-refractivity contribution in [1.82, 2.24) is 20.2 Å². The first-order valence-corrected chi connectivity index (χ1v) is 5.62. The summed E-state index contributed by atoms with van der Waals surface area (Å²) in [5.74, 6) is 5.56. The molecule has 0 amide bonds. The molecule has 0 radical (unpaired) electrons. The van der Waals surface area contributed by atoms with E-state index in [9.17, 15) is 0 Å². The van der Waals surface area contributed by atoms with Crippen molar-refractivity contribution in [2.45, 2.75) is 18.9 Å². The second-order valence-corrected chi connectivity index (χ2v) is 4.07. The highest BCUT2D eigenvalue weighted by Gasteiger charge is 2.11. The number of hydrazine groups is 1. The highest BCUT2D eigenvalue weighted by Crippen LogP contribution is 2.05. The van der Waals surface area contributed by atoms with Gasteiger partial charge in [-0.1, -0.05) is 6.07 Å². The van der Waals surface area contributed by atoms with Crippen molar-refractivity contribution >= 4 is 0 Å². The number of hydrogen-bond donors (Lipinski definition) is 2. The first kappa shape index (κ1) is 11.8. The van der Waals surface area contributed by atoms with Crippen LogP contribution < -0.4 is 11.3 Å². The van der Waals surface area contributed by atoms with Crippen LogP contribution in [0.2, 0.25) is 0 Å². The maximum absolute atomic E-state index is 5.56. The van der Waals surface area contributed by atoms with Crippen LogP contribution in [-0.2, 0) is 19.9 Å². The van der Waals surface area contributed by atoms with Gasteiger partial charge in [-0.05, 0) is 18.2 Å². The summed E-state index contributed by atoms with van der Waals surface area (Å²) in [6, 6.07) is 8.05. The Bertz CT molecular complexity index is 451. The van der Waals surface area contributed by atoms with Crippen molar-refractivity contribution in [3.05, 3.63) is 48.0 Å². The predicted octanol–water partition coefficient (Wildman–Crippen LogP) is 0.432. The Balaban J connectivity index is 1.98. The molecule has 2 rings (SSSR count). The van der Waals surface area contributed by atoms with E-state index in [-0.39, 0.29) is 6.04 Å². The third-order valence-electron chi connectivity index (χ3n) is 2.64. The average molecular weight is 231 g/mol. The van der Waals surface area contributed by atoms with Crippen LogP contribution in [0, 0.1) is 0 Å². The zero-order chi connectivity index (χ0) is 12.1. The first-order chi connectivity index (χ1) is 8.28. The lowest BCUT2D eigenvalue weighted by molar-refractivity contribution is 0.509. The molecule has 0 bridgehead atoms. The summed E-state index contributed by atoms with van der Waals surface area (Å²) < 4.78 is 1.80. The fraction of sp³-hybridized carbons (Fsp3) is 0.333. The summed E-state index contributed by atoms with van der Waals surface area (Å²) in [4.78, 5) is 4.29. The Morgan fingerprint density at radius 3 is 2.71 bits per heavy atom. The van der Waals surface area contributed by atoms with E-state index in [1.165, 1.54) is 0 Å². The lowest BCUT2D eigenvalue weighted by atomic mass is 10.1. The van der Waals surface area contributed by atoms with Crippen LogP contribution in [-0.4, -0.2) is 20.8 Å². The van der Waals surface area contributed by atoms with E-state index in [2.05, 4.69) is 15.5 Å². The smallest absolute Gasteiger partial charge is 0.0640 e. The Kier molecular flexibility index (Phi) is 3.85. The maximum Gasteiger partial charge on any atom is 0.0640 e. The highest BCUT2D eigenvalue weighted by molar-refractivity contribution is 5.08. The van der Waals surface area contributed by atoms with Crippen molar-refractivity contribution in [2.24, 2.45) is 12.9 Å². The molecular formula is C12H17N5. The molecule has 0 aliphatic rings. The summed E-state index contributed by atoms with van der Waals surface area (Å²) in [6.07, 6.45) is 5.33. The van der Waals surface area contributed by atoms with Crippen molar-refractivity contribution in [3.63, 3.8) is 0 Å². The van der Waals surface area contributed by atoms with E-state index in [0.717, 1.165) is 24.2 Å². The lowest BCUT2D eigenvalue weighted by Crippen LogP contribution is -2.38. The molecule has 5 nitrogen and oxygen atoms in total. The van der Waals surface area contributed by atoms with Crippen LogP contribution in [0.5, 0.6) is 0 Å². The van der Waals surface area contributed by atoms with Gasteiger partial charge < -0.3 is 0 Å². The minimum atomic E-state index is 0.153. The quantitative estimate of drug-likeness (QED) is 0.578. The van der Waals surface area contributed by atoms with Gasteiger partial charge in [-0.3, -0.25) is 20.9 Å². The van der Waals surface area contributed by atoms with Gasteiger partial charge in [-0.2, -0.15) is 5.10 Å². The number of rotatable bonds is 5. The molecule has 0 saturated heterocycles. The van der Waals surface area contributed by atoms with Gasteiger partial charge in [0.05, 0.1) is 5.69 Å². The zero-order valence-electron chi connectivity index (χ0n) is 9.87. The third-order valence-corrected chi connectivity index (χ3v) is 2.64. The van der Waals surface area contributed by atoms with Crippen LogP contribution >= 0.6 is 0 Å². The minimum Gasteiger partial charge on any atom is -0.276 e. The van der Waals surface area contributed by atoms with Gasteiger partial charge in [0.15, 0.2) is 0 Å². The van der Waals surface area contributed by atoms with E-state index >= 15 is 0 Å². The van der Waals surface area contributed by atoms with Gasteiger partial charge in [0.25, 0.3) is 0 Å². The van der Waals surface area contributed by atoms with E-state index in [4.69, 9.17) is 5.84 Å². The number of aromatic nitrogens is 3. The Morgan fingerprint density at radius 2 is 2.12 bits per heavy atom. The molecule has 3 N–H and O–H groups in total. The van der Waals surface area contributed by atoms with Crippen molar-refractivity contribution in [2.75, 3.05) is 0 Å². The van der Waals surface area contributed by atoms with Crippen molar-refractivity contribution in [3.8, 4) is 0 Å². The number of nitrogens with two attached hydrogens (primary N) is 1. The van der Waals surface area contributed by atoms with E-state index in [1.807, 2.05) is 37.5 Å². The first-order valence-electron chi connectivity index (χ1n) is 5.62. The van der Waals surface area contributed by atoms with Crippen LogP contribution in [0.3, 0.4) is 0 Å². The summed E-state index contributed by atoms with van der Waals surface area (Å²) in [7, 11) is 1.91. The number of pyridine rings is 1. The summed E-state index contributed by atoms with van der Waals surface area (Å²) in [5, 5.41) is 4.34. The van der Waals surface area contributed by atoms with Gasteiger partial charge in [-0.25, -0.2) is 0 Å². The Labute approximate surface area is 101 Å². The Hall–Kier alpha value is -1.72. The molecule has 90 valence electrons. The summed E-state index contributed by atoms with van der Waals surface area (Å²) in [6.45, 7) is 0. The fourth-order valence-corrected chi connectivity index (χ4v) is 1.79. The number of nitrogens with zero attached hydrogens (tertiary/aromatic N) is 3. The monoisotopic (exact) mass is 231 g/mol. The second-order valence-electron chi connectivity index (χ2n) is 4.07. The number of aryl methyl sites for hydroxylation is 1. The fourth-order valence-electron chi connectivity index (χ4n) is 1.79. The molecule has 1 unspecified atom stereocenters.